The van der Waals surface area contributed by atoms with Gasteiger partial charge >= 0.3 is 0 Å². The van der Waals surface area contributed by atoms with Gasteiger partial charge < -0.3 is 10.3 Å². The lowest BCUT2D eigenvalue weighted by Crippen LogP contribution is -2.48. The first-order valence-corrected chi connectivity index (χ1v) is 7.22. The number of likely N-dealkylation sites (tertiary alicyclic amines) is 1. The quantitative estimate of drug-likeness (QED) is 0.870. The highest BCUT2D eigenvalue weighted by molar-refractivity contribution is 5.81. The van der Waals surface area contributed by atoms with Gasteiger partial charge in [0, 0.05) is 30.9 Å². The lowest BCUT2D eigenvalue weighted by Gasteiger charge is -2.31. The van der Waals surface area contributed by atoms with Crippen LogP contribution in [-0.4, -0.2) is 33.9 Å². The van der Waals surface area contributed by atoms with Crippen LogP contribution in [0.15, 0.2) is 23.1 Å². The summed E-state index contributed by atoms with van der Waals surface area (Å²) in [6.07, 6.45) is 3.94. The van der Waals surface area contributed by atoms with Crippen LogP contribution in [0.25, 0.3) is 0 Å². The molecule has 3 atom stereocenters. The largest absolute Gasteiger partial charge is 0.351 e. The maximum atomic E-state index is 12.2. The molecule has 1 aromatic rings. The van der Waals surface area contributed by atoms with E-state index < -0.39 is 0 Å². The summed E-state index contributed by atoms with van der Waals surface area (Å²) in [7, 11) is 0. The number of hydrogen-bond acceptors (Lipinski definition) is 3. The second-order valence-electron chi connectivity index (χ2n) is 5.68. The average Bonchev–Trinajstić information content (AvgIpc) is 2.76. The summed E-state index contributed by atoms with van der Waals surface area (Å²) in [5.74, 6) is 0.0387. The minimum atomic E-state index is -0.131. The molecular formula is C15H23N3O2. The molecule has 1 amide bonds. The predicted octanol–water partition coefficient (Wildman–Crippen LogP) is 1.25. The Kier molecular flexibility index (Phi) is 4.60. The van der Waals surface area contributed by atoms with Gasteiger partial charge in [-0.2, -0.15) is 0 Å². The Bertz CT molecular complexity index is 496. The summed E-state index contributed by atoms with van der Waals surface area (Å²) in [5, 5.41) is 2.93. The Balaban J connectivity index is 1.91. The molecule has 1 aliphatic rings. The summed E-state index contributed by atoms with van der Waals surface area (Å²) < 4.78 is 0. The third kappa shape index (κ3) is 3.28. The molecule has 0 aromatic carbocycles. The van der Waals surface area contributed by atoms with Crippen molar-refractivity contribution in [2.45, 2.75) is 58.3 Å². The van der Waals surface area contributed by atoms with Gasteiger partial charge in [0.15, 0.2) is 0 Å². The standard InChI is InChI=1S/C15H23N3O2/c1-10-4-5-11(2)18(10)12(3)15(20)17-9-13-6-7-14(19)16-8-13/h6-8,10-12H,4-5,9H2,1-3H3,(H,16,19)(H,17,20)/t10-,11-,12+/m1/s1. The highest BCUT2D eigenvalue weighted by Gasteiger charge is 2.34. The summed E-state index contributed by atoms with van der Waals surface area (Å²) in [5.41, 5.74) is 0.765. The van der Waals surface area contributed by atoms with Crippen LogP contribution in [0, 0.1) is 0 Å². The van der Waals surface area contributed by atoms with Crippen molar-refractivity contribution in [3.05, 3.63) is 34.2 Å². The molecule has 0 spiro atoms. The molecule has 0 bridgehead atoms. The van der Waals surface area contributed by atoms with Crippen LogP contribution in [0.5, 0.6) is 0 Å². The van der Waals surface area contributed by atoms with Crippen molar-refractivity contribution in [1.29, 1.82) is 0 Å². The fourth-order valence-electron chi connectivity index (χ4n) is 3.00. The number of nitrogens with zero attached hydrogens (tertiary/aromatic N) is 1. The maximum Gasteiger partial charge on any atom is 0.247 e. The molecule has 0 radical (unpaired) electrons. The summed E-state index contributed by atoms with van der Waals surface area (Å²) in [6, 6.07) is 3.99. The van der Waals surface area contributed by atoms with E-state index in [0.29, 0.717) is 18.6 Å². The molecule has 2 rings (SSSR count). The second kappa shape index (κ2) is 6.22. The fraction of sp³-hybridized carbons (Fsp3) is 0.600. The smallest absolute Gasteiger partial charge is 0.247 e. The van der Waals surface area contributed by atoms with Crippen molar-refractivity contribution in [2.24, 2.45) is 0 Å². The van der Waals surface area contributed by atoms with Gasteiger partial charge in [-0.3, -0.25) is 14.5 Å². The number of rotatable bonds is 4. The van der Waals surface area contributed by atoms with Gasteiger partial charge in [-0.05, 0) is 39.2 Å². The molecule has 2 N–H and O–H groups in total. The van der Waals surface area contributed by atoms with Crippen molar-refractivity contribution in [3.63, 3.8) is 0 Å². The minimum Gasteiger partial charge on any atom is -0.351 e. The average molecular weight is 277 g/mol. The van der Waals surface area contributed by atoms with Crippen molar-refractivity contribution < 1.29 is 4.79 Å². The van der Waals surface area contributed by atoms with Gasteiger partial charge in [0.25, 0.3) is 0 Å². The van der Waals surface area contributed by atoms with Crippen LogP contribution in [0.4, 0.5) is 0 Å². The number of carbonyl (C=O) groups excluding carboxylic acids is 1. The molecule has 1 aliphatic heterocycles. The van der Waals surface area contributed by atoms with Crippen molar-refractivity contribution in [2.75, 3.05) is 0 Å². The number of hydrogen-bond donors (Lipinski definition) is 2. The monoisotopic (exact) mass is 277 g/mol. The Morgan fingerprint density at radius 2 is 2.05 bits per heavy atom. The van der Waals surface area contributed by atoms with Crippen molar-refractivity contribution >= 4 is 5.91 Å². The zero-order valence-corrected chi connectivity index (χ0v) is 12.3. The maximum absolute atomic E-state index is 12.2. The fourth-order valence-corrected chi connectivity index (χ4v) is 3.00. The van der Waals surface area contributed by atoms with E-state index in [1.807, 2.05) is 6.92 Å². The van der Waals surface area contributed by atoms with Gasteiger partial charge in [-0.1, -0.05) is 6.07 Å². The second-order valence-corrected chi connectivity index (χ2v) is 5.68. The van der Waals surface area contributed by atoms with Crippen LogP contribution in [0.1, 0.15) is 39.2 Å². The zero-order valence-electron chi connectivity index (χ0n) is 12.3. The van der Waals surface area contributed by atoms with E-state index in [9.17, 15) is 9.59 Å². The first-order chi connectivity index (χ1) is 9.49. The van der Waals surface area contributed by atoms with E-state index in [-0.39, 0.29) is 17.5 Å². The number of nitrogens with one attached hydrogen (secondary N) is 2. The Morgan fingerprint density at radius 3 is 2.60 bits per heavy atom. The number of pyridine rings is 1. The van der Waals surface area contributed by atoms with Crippen LogP contribution in [0.2, 0.25) is 0 Å². The molecule has 1 saturated heterocycles. The number of H-pyrrole nitrogens is 1. The molecule has 1 aromatic heterocycles. The van der Waals surface area contributed by atoms with Gasteiger partial charge in [-0.25, -0.2) is 0 Å². The first kappa shape index (κ1) is 14.8. The van der Waals surface area contributed by atoms with E-state index >= 15 is 0 Å². The lowest BCUT2D eigenvalue weighted by atomic mass is 10.2. The van der Waals surface area contributed by atoms with Crippen molar-refractivity contribution in [3.8, 4) is 0 Å². The van der Waals surface area contributed by atoms with Crippen molar-refractivity contribution in [1.82, 2.24) is 15.2 Å². The molecule has 5 nitrogen and oxygen atoms in total. The van der Waals surface area contributed by atoms with Crippen LogP contribution >= 0.6 is 0 Å². The highest BCUT2D eigenvalue weighted by atomic mass is 16.2. The van der Waals surface area contributed by atoms with Crippen LogP contribution < -0.4 is 10.9 Å². The number of amides is 1. The zero-order chi connectivity index (χ0) is 14.7. The van der Waals surface area contributed by atoms with E-state index in [4.69, 9.17) is 0 Å². The van der Waals surface area contributed by atoms with Gasteiger partial charge in [0.05, 0.1) is 6.04 Å². The third-order valence-electron chi connectivity index (χ3n) is 4.16. The van der Waals surface area contributed by atoms with Gasteiger partial charge in [0.2, 0.25) is 11.5 Å². The molecular weight excluding hydrogens is 254 g/mol. The van der Waals surface area contributed by atoms with Gasteiger partial charge in [-0.15, -0.1) is 0 Å². The van der Waals surface area contributed by atoms with E-state index in [0.717, 1.165) is 18.4 Å². The van der Waals surface area contributed by atoms with Gasteiger partial charge in [0.1, 0.15) is 0 Å². The topological polar surface area (TPSA) is 65.2 Å². The third-order valence-corrected chi connectivity index (χ3v) is 4.16. The Labute approximate surface area is 119 Å². The predicted molar refractivity (Wildman–Crippen MR) is 78.4 cm³/mol. The molecule has 20 heavy (non-hydrogen) atoms. The lowest BCUT2D eigenvalue weighted by molar-refractivity contribution is -0.127. The van der Waals surface area contributed by atoms with E-state index in [2.05, 4.69) is 29.0 Å². The Morgan fingerprint density at radius 1 is 1.40 bits per heavy atom. The van der Waals surface area contributed by atoms with E-state index in [1.165, 1.54) is 6.07 Å². The minimum absolute atomic E-state index is 0.0387. The summed E-state index contributed by atoms with van der Waals surface area (Å²) in [4.78, 5) is 28.1. The highest BCUT2D eigenvalue weighted by Crippen LogP contribution is 2.25. The molecule has 0 saturated carbocycles. The summed E-state index contributed by atoms with van der Waals surface area (Å²) >= 11 is 0. The number of aromatic nitrogens is 1. The molecule has 1 fully saturated rings. The van der Waals surface area contributed by atoms with Crippen LogP contribution in [-0.2, 0) is 11.3 Å². The molecule has 2 heterocycles. The molecule has 0 aliphatic carbocycles. The SMILES string of the molecule is C[C@@H]1CC[C@@H](C)N1[C@@H](C)C(=O)NCc1ccc(=O)[nH]c1. The molecule has 0 unspecified atom stereocenters. The first-order valence-electron chi connectivity index (χ1n) is 7.22. The van der Waals surface area contributed by atoms with Crippen LogP contribution in [0.3, 0.4) is 0 Å². The van der Waals surface area contributed by atoms with E-state index in [1.54, 1.807) is 12.3 Å². The number of carbonyl (C=O) groups is 1. The Hall–Kier alpha value is -1.62. The summed E-state index contributed by atoms with van der Waals surface area (Å²) in [6.45, 7) is 6.75. The molecule has 5 heteroatoms. The number of aromatic amines is 1. The normalized spacial score (nSPS) is 24.6. The molecule has 110 valence electrons.